The molecule has 1 amide bonds. The average molecular weight is 243 g/mol. The molecule has 2 rings (SSSR count). The molecule has 0 aliphatic carbocycles. The molecule has 0 unspecified atom stereocenters. The third kappa shape index (κ3) is 2.61. The summed E-state index contributed by atoms with van der Waals surface area (Å²) in [7, 11) is 0. The lowest BCUT2D eigenvalue weighted by molar-refractivity contribution is 0.102. The molecule has 1 aromatic heterocycles. The third-order valence-corrected chi connectivity index (χ3v) is 2.46. The Hall–Kier alpha value is -2.47. The van der Waals surface area contributed by atoms with Gasteiger partial charge in [0.2, 0.25) is 0 Å². The molecular formula is C12H13N5O. The lowest BCUT2D eigenvalue weighted by Gasteiger charge is -2.08. The molecule has 0 aliphatic heterocycles. The Morgan fingerprint density at radius 3 is 2.61 bits per heavy atom. The summed E-state index contributed by atoms with van der Waals surface area (Å²) in [5, 5.41) is 2.71. The van der Waals surface area contributed by atoms with E-state index in [9.17, 15) is 4.79 Å². The fourth-order valence-corrected chi connectivity index (χ4v) is 1.53. The topological polar surface area (TPSA) is 92.9 Å². The first-order valence-electron chi connectivity index (χ1n) is 5.34. The highest BCUT2D eigenvalue weighted by Crippen LogP contribution is 2.16. The van der Waals surface area contributed by atoms with Crippen molar-refractivity contribution in [1.29, 1.82) is 0 Å². The van der Waals surface area contributed by atoms with Gasteiger partial charge in [0.1, 0.15) is 6.33 Å². The molecule has 0 saturated heterocycles. The van der Waals surface area contributed by atoms with Crippen LogP contribution in [0.25, 0.3) is 0 Å². The predicted molar refractivity (Wildman–Crippen MR) is 69.0 cm³/mol. The van der Waals surface area contributed by atoms with E-state index in [2.05, 4.69) is 20.7 Å². The largest absolute Gasteiger partial charge is 0.324 e. The SMILES string of the molecule is Cc1cc(C(=O)Nc2cncnc2)ccc1NN. The zero-order valence-electron chi connectivity index (χ0n) is 9.84. The van der Waals surface area contributed by atoms with Crippen LogP contribution in [0, 0.1) is 6.92 Å². The van der Waals surface area contributed by atoms with Crippen molar-refractivity contribution in [2.75, 3.05) is 10.7 Å². The summed E-state index contributed by atoms with van der Waals surface area (Å²) in [6.07, 6.45) is 4.47. The normalized spacial score (nSPS) is 9.89. The first-order valence-corrected chi connectivity index (χ1v) is 5.34. The summed E-state index contributed by atoms with van der Waals surface area (Å²) in [4.78, 5) is 19.6. The number of benzene rings is 1. The molecule has 0 saturated carbocycles. The van der Waals surface area contributed by atoms with Crippen LogP contribution in [0.2, 0.25) is 0 Å². The number of aromatic nitrogens is 2. The number of hydrogen-bond acceptors (Lipinski definition) is 5. The number of hydrazine groups is 1. The summed E-state index contributed by atoms with van der Waals surface area (Å²) in [6, 6.07) is 5.21. The van der Waals surface area contributed by atoms with Gasteiger partial charge in [0.15, 0.2) is 0 Å². The van der Waals surface area contributed by atoms with Crippen LogP contribution in [0.5, 0.6) is 0 Å². The van der Waals surface area contributed by atoms with Crippen LogP contribution in [0.3, 0.4) is 0 Å². The van der Waals surface area contributed by atoms with E-state index in [1.165, 1.54) is 18.7 Å². The molecule has 0 spiro atoms. The van der Waals surface area contributed by atoms with Crippen molar-refractivity contribution in [3.8, 4) is 0 Å². The highest BCUT2D eigenvalue weighted by atomic mass is 16.1. The second kappa shape index (κ2) is 5.24. The van der Waals surface area contributed by atoms with E-state index in [0.717, 1.165) is 11.3 Å². The van der Waals surface area contributed by atoms with Gasteiger partial charge in [-0.05, 0) is 30.7 Å². The number of rotatable bonds is 3. The number of nitrogens with zero attached hydrogens (tertiary/aromatic N) is 2. The Kier molecular flexibility index (Phi) is 3.49. The van der Waals surface area contributed by atoms with Gasteiger partial charge < -0.3 is 10.7 Å². The van der Waals surface area contributed by atoms with Gasteiger partial charge in [-0.3, -0.25) is 10.6 Å². The second-order valence-electron chi connectivity index (χ2n) is 3.76. The first-order chi connectivity index (χ1) is 8.70. The van der Waals surface area contributed by atoms with Crippen LogP contribution in [-0.2, 0) is 0 Å². The van der Waals surface area contributed by atoms with Gasteiger partial charge in [0.25, 0.3) is 5.91 Å². The minimum Gasteiger partial charge on any atom is -0.324 e. The quantitative estimate of drug-likeness (QED) is 0.558. The summed E-state index contributed by atoms with van der Waals surface area (Å²) in [5.74, 6) is 5.12. The van der Waals surface area contributed by atoms with Crippen LogP contribution in [0.1, 0.15) is 15.9 Å². The van der Waals surface area contributed by atoms with Gasteiger partial charge in [-0.2, -0.15) is 0 Å². The molecule has 92 valence electrons. The highest BCUT2D eigenvalue weighted by molar-refractivity contribution is 6.04. The molecule has 0 bridgehead atoms. The molecule has 6 heteroatoms. The van der Waals surface area contributed by atoms with Crippen molar-refractivity contribution in [2.45, 2.75) is 6.92 Å². The Bertz CT molecular complexity index is 556. The Balaban J connectivity index is 2.17. The molecule has 0 radical (unpaired) electrons. The highest BCUT2D eigenvalue weighted by Gasteiger charge is 2.07. The van der Waals surface area contributed by atoms with E-state index >= 15 is 0 Å². The number of amides is 1. The van der Waals surface area contributed by atoms with Crippen LogP contribution in [0.15, 0.2) is 36.9 Å². The maximum absolute atomic E-state index is 11.9. The standard InChI is InChI=1S/C12H13N5O/c1-8-4-9(2-3-11(8)17-13)12(18)16-10-5-14-7-15-6-10/h2-7,17H,13H2,1H3,(H,16,18). The Labute approximate surface area is 104 Å². The molecule has 4 N–H and O–H groups in total. The van der Waals surface area contributed by atoms with Crippen LogP contribution < -0.4 is 16.6 Å². The van der Waals surface area contributed by atoms with Gasteiger partial charge >= 0.3 is 0 Å². The summed E-state index contributed by atoms with van der Waals surface area (Å²) < 4.78 is 0. The second-order valence-corrected chi connectivity index (χ2v) is 3.76. The Morgan fingerprint density at radius 2 is 2.00 bits per heavy atom. The molecule has 1 aromatic carbocycles. The fraction of sp³-hybridized carbons (Fsp3) is 0.0833. The molecule has 2 aromatic rings. The van der Waals surface area contributed by atoms with Crippen molar-refractivity contribution in [3.05, 3.63) is 48.0 Å². The van der Waals surface area contributed by atoms with Crippen molar-refractivity contribution in [1.82, 2.24) is 9.97 Å². The third-order valence-electron chi connectivity index (χ3n) is 2.46. The molecule has 1 heterocycles. The smallest absolute Gasteiger partial charge is 0.255 e. The Morgan fingerprint density at radius 1 is 1.28 bits per heavy atom. The number of nitrogens with one attached hydrogen (secondary N) is 2. The predicted octanol–water partition coefficient (Wildman–Crippen LogP) is 1.32. The number of anilines is 2. The maximum atomic E-state index is 11.9. The van der Waals surface area contributed by atoms with Gasteiger partial charge in [0, 0.05) is 5.56 Å². The van der Waals surface area contributed by atoms with Crippen LogP contribution in [-0.4, -0.2) is 15.9 Å². The fourth-order valence-electron chi connectivity index (χ4n) is 1.53. The van der Waals surface area contributed by atoms with Crippen molar-refractivity contribution in [2.24, 2.45) is 5.84 Å². The van der Waals surface area contributed by atoms with Gasteiger partial charge in [0.05, 0.1) is 23.8 Å². The number of hydrogen-bond donors (Lipinski definition) is 3. The molecule has 18 heavy (non-hydrogen) atoms. The summed E-state index contributed by atoms with van der Waals surface area (Å²) in [5.41, 5.74) is 5.35. The maximum Gasteiger partial charge on any atom is 0.255 e. The summed E-state index contributed by atoms with van der Waals surface area (Å²) >= 11 is 0. The number of nitrogen functional groups attached to an aromatic ring is 1. The van der Waals surface area contributed by atoms with Crippen LogP contribution >= 0.6 is 0 Å². The summed E-state index contributed by atoms with van der Waals surface area (Å²) in [6.45, 7) is 1.87. The number of nitrogens with two attached hydrogens (primary N) is 1. The molecule has 6 nitrogen and oxygen atoms in total. The van der Waals surface area contributed by atoms with Gasteiger partial charge in [-0.15, -0.1) is 0 Å². The average Bonchev–Trinajstić information content (AvgIpc) is 2.39. The van der Waals surface area contributed by atoms with Crippen LogP contribution in [0.4, 0.5) is 11.4 Å². The minimum atomic E-state index is -0.212. The van der Waals surface area contributed by atoms with Gasteiger partial charge in [-0.1, -0.05) is 0 Å². The number of carbonyl (C=O) groups excluding carboxylic acids is 1. The van der Waals surface area contributed by atoms with Crippen molar-refractivity contribution >= 4 is 17.3 Å². The van der Waals surface area contributed by atoms with Crippen molar-refractivity contribution in [3.63, 3.8) is 0 Å². The van der Waals surface area contributed by atoms with E-state index in [0.29, 0.717) is 11.3 Å². The molecular weight excluding hydrogens is 230 g/mol. The lowest BCUT2D eigenvalue weighted by atomic mass is 10.1. The number of carbonyl (C=O) groups is 1. The monoisotopic (exact) mass is 243 g/mol. The lowest BCUT2D eigenvalue weighted by Crippen LogP contribution is -2.13. The van der Waals surface area contributed by atoms with E-state index in [-0.39, 0.29) is 5.91 Å². The number of aryl methyl sites for hydroxylation is 1. The molecule has 0 atom stereocenters. The van der Waals surface area contributed by atoms with Crippen molar-refractivity contribution < 1.29 is 4.79 Å². The zero-order chi connectivity index (χ0) is 13.0. The molecule has 0 fully saturated rings. The van der Waals surface area contributed by atoms with E-state index < -0.39 is 0 Å². The molecule has 0 aliphatic rings. The minimum absolute atomic E-state index is 0.212. The van der Waals surface area contributed by atoms with Gasteiger partial charge in [-0.25, -0.2) is 9.97 Å². The van der Waals surface area contributed by atoms with E-state index in [1.54, 1.807) is 18.2 Å². The first kappa shape index (κ1) is 12.0. The van der Waals surface area contributed by atoms with E-state index in [1.807, 2.05) is 6.92 Å². The zero-order valence-corrected chi connectivity index (χ0v) is 9.84. The van der Waals surface area contributed by atoms with E-state index in [4.69, 9.17) is 5.84 Å².